The number of cyclic esters (lactones) is 4. The number of ether oxygens (including phenoxy) is 2. The van der Waals surface area contributed by atoms with Crippen LogP contribution in [0.3, 0.4) is 0 Å². The molecule has 154 valence electrons. The zero-order chi connectivity index (χ0) is 22.2. The first-order valence-electron chi connectivity index (χ1n) is 9.65. The Hall–Kier alpha value is -4.20. The molecule has 0 saturated carbocycles. The van der Waals surface area contributed by atoms with Gasteiger partial charge in [-0.05, 0) is 18.2 Å². The van der Waals surface area contributed by atoms with Gasteiger partial charge in [0.05, 0.1) is 22.3 Å². The number of esters is 4. The third-order valence-corrected chi connectivity index (χ3v) is 6.72. The molecule has 5 aliphatic rings. The van der Waals surface area contributed by atoms with E-state index in [2.05, 4.69) is 9.47 Å². The van der Waals surface area contributed by atoms with Crippen LogP contribution in [-0.2, 0) is 20.8 Å². The van der Waals surface area contributed by atoms with E-state index in [1.165, 1.54) is 30.3 Å². The minimum Gasteiger partial charge on any atom is -0.386 e. The third-order valence-electron chi connectivity index (χ3n) is 6.72. The van der Waals surface area contributed by atoms with Gasteiger partial charge < -0.3 is 9.47 Å². The third kappa shape index (κ3) is 1.59. The summed E-state index contributed by atoms with van der Waals surface area (Å²) < 4.78 is 44.0. The van der Waals surface area contributed by atoms with Crippen molar-refractivity contribution in [2.24, 2.45) is 0 Å². The number of fused-ring (bicyclic) bond motifs is 2. The Balaban J connectivity index is 1.70. The predicted octanol–water partition coefficient (Wildman–Crippen LogP) is 3.46. The lowest BCUT2D eigenvalue weighted by molar-refractivity contribution is 0.0424. The lowest BCUT2D eigenvalue weighted by Crippen LogP contribution is -2.48. The number of halogens is 2. The summed E-state index contributed by atoms with van der Waals surface area (Å²) in [5.74, 6) is -3.92. The molecule has 0 saturated heterocycles. The summed E-state index contributed by atoms with van der Waals surface area (Å²) >= 11 is 0. The molecule has 2 aliphatic heterocycles. The van der Waals surface area contributed by atoms with E-state index in [9.17, 15) is 19.2 Å². The summed E-state index contributed by atoms with van der Waals surface area (Å²) in [7, 11) is 0. The molecule has 8 heteroatoms. The molecule has 2 unspecified atom stereocenters. The number of hydrogen-bond donors (Lipinski definition) is 0. The van der Waals surface area contributed by atoms with Crippen LogP contribution in [0, 0.1) is 0 Å². The normalized spacial score (nSPS) is 25.6. The first kappa shape index (κ1) is 17.5. The van der Waals surface area contributed by atoms with Crippen LogP contribution in [0.25, 0.3) is 0 Å². The van der Waals surface area contributed by atoms with E-state index in [-0.39, 0.29) is 55.6 Å². The molecule has 2 atom stereocenters. The first-order chi connectivity index (χ1) is 15.3. The molecule has 0 radical (unpaired) electrons. The Labute approximate surface area is 177 Å². The highest BCUT2D eigenvalue weighted by atomic mass is 19.1. The molecule has 3 aliphatic carbocycles. The fourth-order valence-corrected chi connectivity index (χ4v) is 5.46. The molecule has 0 aromatic heterocycles. The first-order valence-corrected chi connectivity index (χ1v) is 9.65. The van der Waals surface area contributed by atoms with E-state index in [0.717, 1.165) is 12.1 Å². The standard InChI is InChI=1S/C24H8F2O6/c25-23-12-3-1-2-4-13(12)24(26,16-8-11-10(7-15(16)23)20(28)31-21(11)29)18-14(23)6-5-9-17(18)22(30)32-19(9)27/h1-8H. The van der Waals surface area contributed by atoms with Gasteiger partial charge in [0.15, 0.2) is 11.3 Å². The van der Waals surface area contributed by atoms with Crippen LogP contribution in [0.4, 0.5) is 8.78 Å². The Kier molecular flexibility index (Phi) is 2.72. The molecule has 0 amide bonds. The molecule has 6 nitrogen and oxygen atoms in total. The van der Waals surface area contributed by atoms with Crippen LogP contribution < -0.4 is 0 Å². The minimum atomic E-state index is -2.58. The molecule has 8 rings (SSSR count). The maximum Gasteiger partial charge on any atom is 0.347 e. The van der Waals surface area contributed by atoms with Crippen molar-refractivity contribution < 1.29 is 37.4 Å². The quantitative estimate of drug-likeness (QED) is 0.401. The van der Waals surface area contributed by atoms with Crippen molar-refractivity contribution in [3.8, 4) is 0 Å². The van der Waals surface area contributed by atoms with Crippen molar-refractivity contribution in [2.45, 2.75) is 11.3 Å². The van der Waals surface area contributed by atoms with E-state index < -0.39 is 35.2 Å². The van der Waals surface area contributed by atoms with E-state index in [1.54, 1.807) is 6.07 Å². The highest BCUT2D eigenvalue weighted by Crippen LogP contribution is 2.64. The number of rotatable bonds is 0. The second kappa shape index (κ2) is 4.99. The van der Waals surface area contributed by atoms with Gasteiger partial charge >= 0.3 is 23.9 Å². The number of hydrogen-bond acceptors (Lipinski definition) is 6. The smallest absolute Gasteiger partial charge is 0.347 e. The van der Waals surface area contributed by atoms with E-state index in [1.807, 2.05) is 0 Å². The highest BCUT2D eigenvalue weighted by molar-refractivity contribution is 6.17. The Bertz CT molecular complexity index is 1530. The Morgan fingerprint density at radius 1 is 0.562 bits per heavy atom. The van der Waals surface area contributed by atoms with E-state index >= 15 is 8.78 Å². The molecular formula is C24H8F2O6. The molecule has 2 heterocycles. The van der Waals surface area contributed by atoms with Crippen molar-refractivity contribution in [1.29, 1.82) is 0 Å². The van der Waals surface area contributed by atoms with Crippen LogP contribution in [0.1, 0.15) is 74.8 Å². The molecule has 0 spiro atoms. The molecule has 32 heavy (non-hydrogen) atoms. The van der Waals surface area contributed by atoms with Gasteiger partial charge in [0, 0.05) is 33.4 Å². The molecule has 3 aromatic carbocycles. The largest absolute Gasteiger partial charge is 0.386 e. The second-order valence-corrected chi connectivity index (χ2v) is 8.07. The lowest BCUT2D eigenvalue weighted by Gasteiger charge is -2.49. The van der Waals surface area contributed by atoms with Gasteiger partial charge in [0.2, 0.25) is 0 Å². The topological polar surface area (TPSA) is 86.7 Å². The van der Waals surface area contributed by atoms with Gasteiger partial charge in [-0.2, -0.15) is 0 Å². The Morgan fingerprint density at radius 3 is 1.75 bits per heavy atom. The molecule has 0 fully saturated rings. The van der Waals surface area contributed by atoms with Crippen molar-refractivity contribution >= 4 is 23.9 Å². The highest BCUT2D eigenvalue weighted by Gasteiger charge is 2.63. The van der Waals surface area contributed by atoms with E-state index in [0.29, 0.717) is 0 Å². The minimum absolute atomic E-state index is 0.0118. The van der Waals surface area contributed by atoms with Crippen molar-refractivity contribution in [1.82, 2.24) is 0 Å². The van der Waals surface area contributed by atoms with Gasteiger partial charge in [0.1, 0.15) is 0 Å². The van der Waals surface area contributed by atoms with Gasteiger partial charge in [-0.15, -0.1) is 0 Å². The van der Waals surface area contributed by atoms with Gasteiger partial charge in [-0.25, -0.2) is 28.0 Å². The fourth-order valence-electron chi connectivity index (χ4n) is 5.46. The maximum absolute atomic E-state index is 17.4. The summed E-state index contributed by atoms with van der Waals surface area (Å²) in [5.41, 5.74) is -6.77. The fraction of sp³-hybridized carbons (Fsp3) is 0.0833. The Morgan fingerprint density at radius 2 is 1.09 bits per heavy atom. The average Bonchev–Trinajstić information content (AvgIpc) is 3.24. The van der Waals surface area contributed by atoms with Gasteiger partial charge in [-0.3, -0.25) is 0 Å². The van der Waals surface area contributed by atoms with Crippen molar-refractivity contribution in [3.63, 3.8) is 0 Å². The van der Waals surface area contributed by atoms with Crippen molar-refractivity contribution in [2.75, 3.05) is 0 Å². The summed E-state index contributed by atoms with van der Waals surface area (Å²) in [6.45, 7) is 0. The molecule has 0 N–H and O–H groups in total. The number of alkyl halides is 2. The number of benzene rings is 3. The summed E-state index contributed by atoms with van der Waals surface area (Å²) in [4.78, 5) is 48.9. The van der Waals surface area contributed by atoms with E-state index in [4.69, 9.17) is 0 Å². The maximum atomic E-state index is 17.4. The van der Waals surface area contributed by atoms with Crippen LogP contribution in [0.2, 0.25) is 0 Å². The van der Waals surface area contributed by atoms with Crippen LogP contribution in [-0.4, -0.2) is 23.9 Å². The molecule has 3 aromatic rings. The van der Waals surface area contributed by atoms with Crippen LogP contribution >= 0.6 is 0 Å². The second-order valence-electron chi connectivity index (χ2n) is 8.07. The van der Waals surface area contributed by atoms with Crippen LogP contribution in [0.15, 0.2) is 48.5 Å². The SMILES string of the molecule is O=C1OC(=O)c2cc3c(cc21)C1(F)c2ccccc2C3(F)c2c1ccc1c2C(=O)OC1=O. The average molecular weight is 430 g/mol. The van der Waals surface area contributed by atoms with Gasteiger partial charge in [-0.1, -0.05) is 30.3 Å². The predicted molar refractivity (Wildman–Crippen MR) is 101 cm³/mol. The zero-order valence-electron chi connectivity index (χ0n) is 15.8. The number of carbonyl (C=O) groups excluding carboxylic acids is 4. The lowest BCUT2D eigenvalue weighted by atomic mass is 9.56. The molecular weight excluding hydrogens is 422 g/mol. The van der Waals surface area contributed by atoms with Gasteiger partial charge in [0.25, 0.3) is 0 Å². The van der Waals surface area contributed by atoms with Crippen LogP contribution in [0.5, 0.6) is 0 Å². The zero-order valence-corrected chi connectivity index (χ0v) is 15.8. The molecule has 2 bridgehead atoms. The number of carbonyl (C=O) groups is 4. The summed E-state index contributed by atoms with van der Waals surface area (Å²) in [5, 5.41) is 0. The summed E-state index contributed by atoms with van der Waals surface area (Å²) in [6, 6.07) is 10.7. The van der Waals surface area contributed by atoms with Crippen molar-refractivity contribution in [3.05, 3.63) is 104 Å². The summed E-state index contributed by atoms with van der Waals surface area (Å²) in [6.07, 6.45) is 0. The monoisotopic (exact) mass is 430 g/mol.